The normalized spacial score (nSPS) is 15.1. The quantitative estimate of drug-likeness (QED) is 0.437. The van der Waals surface area contributed by atoms with E-state index in [2.05, 4.69) is 0 Å². The molecule has 1 N–H and O–H groups in total. The van der Waals surface area contributed by atoms with Crippen LogP contribution in [0.5, 0.6) is 0 Å². The van der Waals surface area contributed by atoms with Crippen molar-refractivity contribution >= 4 is 23.5 Å². The Labute approximate surface area is 192 Å². The first kappa shape index (κ1) is 30.2. The molecule has 0 bridgehead atoms. The van der Waals surface area contributed by atoms with Gasteiger partial charge in [-0.25, -0.2) is 4.79 Å². The fourth-order valence-electron chi connectivity index (χ4n) is 2.98. The molecule has 0 aromatic carbocycles. The third kappa shape index (κ3) is 9.36. The van der Waals surface area contributed by atoms with Crippen molar-refractivity contribution in [3.8, 4) is 0 Å². The van der Waals surface area contributed by atoms with Crippen molar-refractivity contribution in [3.63, 3.8) is 0 Å². The number of ketones is 2. The number of Topliss-reactive ketones (excluding diaryl/α,β-unsaturated/α-hetero) is 2. The zero-order valence-electron chi connectivity index (χ0n) is 21.6. The molecule has 0 aliphatic rings. The molecule has 8 nitrogen and oxygen atoms in total. The highest BCUT2D eigenvalue weighted by molar-refractivity contribution is 5.90. The van der Waals surface area contributed by atoms with Crippen molar-refractivity contribution in [1.82, 2.24) is 0 Å². The lowest BCUT2D eigenvalue weighted by Gasteiger charge is -2.42. The second-order valence-electron chi connectivity index (χ2n) is 11.2. The fourth-order valence-corrected chi connectivity index (χ4v) is 2.98. The lowest BCUT2D eigenvalue weighted by molar-refractivity contribution is -0.179. The minimum Gasteiger partial charge on any atom is -0.481 e. The molecule has 0 aliphatic carbocycles. The minimum atomic E-state index is -1.18. The van der Waals surface area contributed by atoms with Gasteiger partial charge in [-0.1, -0.05) is 34.6 Å². The number of hydrogen-bond donors (Lipinski definition) is 1. The Morgan fingerprint density at radius 3 is 1.75 bits per heavy atom. The molecule has 2 atom stereocenters. The Balaban J connectivity index is 5.26. The van der Waals surface area contributed by atoms with E-state index in [1.165, 1.54) is 0 Å². The SMILES string of the molecule is CC(OC(C)(C)C)C(=O)C(C)(C)C(C)(C)OCC(=O)OC(CCC(=O)O)C(=O)C(C)(C)C. The summed E-state index contributed by atoms with van der Waals surface area (Å²) in [6.45, 7) is 18.6. The first-order valence-electron chi connectivity index (χ1n) is 10.9. The minimum absolute atomic E-state index is 0.119. The molecule has 0 heterocycles. The van der Waals surface area contributed by atoms with Crippen LogP contribution in [0.3, 0.4) is 0 Å². The van der Waals surface area contributed by atoms with Crippen molar-refractivity contribution in [2.45, 2.75) is 112 Å². The maximum atomic E-state index is 13.0. The number of aliphatic carboxylic acids is 1. The van der Waals surface area contributed by atoms with Crippen LogP contribution in [0.1, 0.15) is 89.0 Å². The first-order valence-corrected chi connectivity index (χ1v) is 10.9. The number of ether oxygens (including phenoxy) is 3. The van der Waals surface area contributed by atoms with Crippen molar-refractivity contribution < 1.29 is 38.5 Å². The maximum Gasteiger partial charge on any atom is 0.332 e. The fraction of sp³-hybridized carbons (Fsp3) is 0.833. The van der Waals surface area contributed by atoms with Gasteiger partial charge < -0.3 is 19.3 Å². The topological polar surface area (TPSA) is 116 Å². The average molecular weight is 459 g/mol. The van der Waals surface area contributed by atoms with Crippen LogP contribution in [0, 0.1) is 10.8 Å². The number of carboxylic acids is 1. The van der Waals surface area contributed by atoms with Gasteiger partial charge in [0.05, 0.1) is 16.6 Å². The summed E-state index contributed by atoms with van der Waals surface area (Å²) in [5.74, 6) is -2.42. The summed E-state index contributed by atoms with van der Waals surface area (Å²) < 4.78 is 16.8. The number of hydrogen-bond acceptors (Lipinski definition) is 7. The van der Waals surface area contributed by atoms with Crippen LogP contribution in [-0.4, -0.2) is 58.6 Å². The number of rotatable bonds is 12. The second-order valence-corrected chi connectivity index (χ2v) is 11.2. The molecular weight excluding hydrogens is 416 g/mol. The summed E-state index contributed by atoms with van der Waals surface area (Å²) in [5, 5.41) is 8.93. The monoisotopic (exact) mass is 458 g/mol. The first-order chi connectivity index (χ1) is 14.1. The Morgan fingerprint density at radius 1 is 0.844 bits per heavy atom. The number of carbonyl (C=O) groups is 4. The van der Waals surface area contributed by atoms with Crippen molar-refractivity contribution in [2.75, 3.05) is 6.61 Å². The second kappa shape index (κ2) is 10.9. The molecule has 0 spiro atoms. The molecular formula is C24H42O8. The summed E-state index contributed by atoms with van der Waals surface area (Å²) in [5.41, 5.74) is -3.35. The average Bonchev–Trinajstić information content (AvgIpc) is 2.59. The molecule has 0 aromatic rings. The highest BCUT2D eigenvalue weighted by Gasteiger charge is 2.47. The van der Waals surface area contributed by atoms with Crippen molar-refractivity contribution in [3.05, 3.63) is 0 Å². The van der Waals surface area contributed by atoms with Crippen LogP contribution in [0.4, 0.5) is 0 Å². The van der Waals surface area contributed by atoms with Crippen LogP contribution >= 0.6 is 0 Å². The van der Waals surface area contributed by atoms with Gasteiger partial charge in [0.15, 0.2) is 17.7 Å². The van der Waals surface area contributed by atoms with Gasteiger partial charge in [-0.05, 0) is 41.5 Å². The van der Waals surface area contributed by atoms with E-state index in [-0.39, 0.29) is 24.4 Å². The van der Waals surface area contributed by atoms with E-state index in [4.69, 9.17) is 19.3 Å². The largest absolute Gasteiger partial charge is 0.481 e. The summed E-state index contributed by atoms with van der Waals surface area (Å²) in [4.78, 5) is 49.0. The Kier molecular flexibility index (Phi) is 10.3. The Hall–Kier alpha value is -1.80. The molecule has 0 radical (unpaired) electrons. The summed E-state index contributed by atoms with van der Waals surface area (Å²) >= 11 is 0. The van der Waals surface area contributed by atoms with Crippen LogP contribution in [0.2, 0.25) is 0 Å². The molecule has 32 heavy (non-hydrogen) atoms. The highest BCUT2D eigenvalue weighted by atomic mass is 16.6. The van der Waals surface area contributed by atoms with Gasteiger partial charge in [-0.3, -0.25) is 14.4 Å². The molecule has 0 saturated heterocycles. The van der Waals surface area contributed by atoms with Gasteiger partial charge in [0.2, 0.25) is 0 Å². The highest BCUT2D eigenvalue weighted by Crippen LogP contribution is 2.37. The molecule has 0 fully saturated rings. The molecule has 0 aliphatic heterocycles. The molecule has 0 aromatic heterocycles. The van der Waals surface area contributed by atoms with Gasteiger partial charge >= 0.3 is 11.9 Å². The van der Waals surface area contributed by atoms with Gasteiger partial charge in [0.25, 0.3) is 0 Å². The van der Waals surface area contributed by atoms with Crippen LogP contribution in [0.25, 0.3) is 0 Å². The van der Waals surface area contributed by atoms with Gasteiger partial charge in [0.1, 0.15) is 12.7 Å². The van der Waals surface area contributed by atoms with Crippen LogP contribution < -0.4 is 0 Å². The van der Waals surface area contributed by atoms with E-state index in [9.17, 15) is 19.2 Å². The molecule has 2 unspecified atom stereocenters. The lowest BCUT2D eigenvalue weighted by Crippen LogP contribution is -2.52. The molecule has 8 heteroatoms. The van der Waals surface area contributed by atoms with E-state index in [0.717, 1.165) is 0 Å². The van der Waals surface area contributed by atoms with Gasteiger partial charge in [-0.2, -0.15) is 0 Å². The lowest BCUT2D eigenvalue weighted by atomic mass is 9.72. The molecule has 186 valence electrons. The van der Waals surface area contributed by atoms with Crippen LogP contribution in [-0.2, 0) is 33.4 Å². The Bertz CT molecular complexity index is 692. The number of carboxylic acid groups (broad SMARTS) is 1. The maximum absolute atomic E-state index is 13.0. The third-order valence-corrected chi connectivity index (χ3v) is 5.50. The molecule has 0 rings (SSSR count). The van der Waals surface area contributed by atoms with Gasteiger partial charge in [-0.15, -0.1) is 0 Å². The van der Waals surface area contributed by atoms with E-state index in [0.29, 0.717) is 0 Å². The standard InChI is InChI=1S/C24H42O8/c1-15(32-22(5,6)7)19(28)23(8,9)24(10,11)30-14-18(27)31-16(12-13-17(25)26)20(29)21(2,3)4/h15-16H,12-14H2,1-11H3,(H,25,26). The third-order valence-electron chi connectivity index (χ3n) is 5.50. The summed E-state index contributed by atoms with van der Waals surface area (Å²) in [7, 11) is 0. The smallest absolute Gasteiger partial charge is 0.332 e. The summed E-state index contributed by atoms with van der Waals surface area (Å²) in [6, 6.07) is 0. The van der Waals surface area contributed by atoms with E-state index in [1.54, 1.807) is 55.4 Å². The van der Waals surface area contributed by atoms with Crippen LogP contribution in [0.15, 0.2) is 0 Å². The predicted molar refractivity (Wildman–Crippen MR) is 120 cm³/mol. The number of carbonyl (C=O) groups excluding carboxylic acids is 3. The zero-order valence-corrected chi connectivity index (χ0v) is 21.6. The van der Waals surface area contributed by atoms with E-state index in [1.807, 2.05) is 20.8 Å². The number of esters is 1. The molecule has 0 amide bonds. The summed E-state index contributed by atoms with van der Waals surface area (Å²) in [6.07, 6.45) is -2.28. The van der Waals surface area contributed by atoms with E-state index < -0.39 is 52.8 Å². The van der Waals surface area contributed by atoms with Crippen molar-refractivity contribution in [1.29, 1.82) is 0 Å². The van der Waals surface area contributed by atoms with E-state index >= 15 is 0 Å². The van der Waals surface area contributed by atoms with Crippen molar-refractivity contribution in [2.24, 2.45) is 10.8 Å². The molecule has 0 saturated carbocycles. The van der Waals surface area contributed by atoms with Gasteiger partial charge in [0, 0.05) is 18.3 Å². The predicted octanol–water partition coefficient (Wildman–Crippen LogP) is 3.97. The Morgan fingerprint density at radius 2 is 1.34 bits per heavy atom. The zero-order chi connectivity index (χ0) is 25.7.